The summed E-state index contributed by atoms with van der Waals surface area (Å²) in [6.45, 7) is 4.27. The Balaban J connectivity index is 2.65. The predicted molar refractivity (Wildman–Crippen MR) is 55.4 cm³/mol. The fourth-order valence-electron chi connectivity index (χ4n) is 1.44. The van der Waals surface area contributed by atoms with Crippen molar-refractivity contribution in [3.8, 4) is 0 Å². The zero-order chi connectivity index (χ0) is 9.68. The van der Waals surface area contributed by atoms with Crippen LogP contribution in [0.15, 0.2) is 18.5 Å². The number of aryl methyl sites for hydroxylation is 1. The van der Waals surface area contributed by atoms with Gasteiger partial charge in [-0.3, -0.25) is 4.98 Å². The smallest absolute Gasteiger partial charge is 0.0318 e. The summed E-state index contributed by atoms with van der Waals surface area (Å²) in [7, 11) is 0. The molecule has 0 fully saturated rings. The van der Waals surface area contributed by atoms with E-state index in [2.05, 4.69) is 18.8 Å². The number of hydrogen-bond acceptors (Lipinski definition) is 2. The van der Waals surface area contributed by atoms with Gasteiger partial charge in [-0.05, 0) is 30.5 Å². The average molecular weight is 178 g/mol. The van der Waals surface area contributed by atoms with Crippen LogP contribution in [-0.4, -0.2) is 4.98 Å². The third kappa shape index (κ3) is 2.81. The van der Waals surface area contributed by atoms with Gasteiger partial charge >= 0.3 is 0 Å². The highest BCUT2D eigenvalue weighted by molar-refractivity contribution is 5.24. The maximum absolute atomic E-state index is 6.04. The largest absolute Gasteiger partial charge is 0.324 e. The number of nitrogens with zero attached hydrogens (tertiary/aromatic N) is 1. The number of nitrogens with two attached hydrogens (primary N) is 1. The normalized spacial score (nSPS) is 12.8. The SMILES string of the molecule is CCCC[C@@H](N)c1cnccc1C. The molecule has 0 amide bonds. The second-order valence-electron chi connectivity index (χ2n) is 3.48. The summed E-state index contributed by atoms with van der Waals surface area (Å²) >= 11 is 0. The molecule has 0 spiro atoms. The van der Waals surface area contributed by atoms with E-state index < -0.39 is 0 Å². The molecule has 1 heterocycles. The van der Waals surface area contributed by atoms with Crippen LogP contribution < -0.4 is 5.73 Å². The van der Waals surface area contributed by atoms with E-state index in [-0.39, 0.29) is 6.04 Å². The van der Waals surface area contributed by atoms with Gasteiger partial charge in [-0.1, -0.05) is 19.8 Å². The van der Waals surface area contributed by atoms with Gasteiger partial charge in [0.25, 0.3) is 0 Å². The third-order valence-corrected chi connectivity index (χ3v) is 2.35. The second-order valence-corrected chi connectivity index (χ2v) is 3.48. The van der Waals surface area contributed by atoms with Crippen LogP contribution in [0.4, 0.5) is 0 Å². The molecule has 72 valence electrons. The maximum Gasteiger partial charge on any atom is 0.0318 e. The van der Waals surface area contributed by atoms with Gasteiger partial charge in [0.05, 0.1) is 0 Å². The first-order valence-electron chi connectivity index (χ1n) is 4.91. The first-order chi connectivity index (χ1) is 6.25. The molecule has 1 aromatic heterocycles. The average Bonchev–Trinajstić information content (AvgIpc) is 2.15. The fraction of sp³-hybridized carbons (Fsp3) is 0.545. The van der Waals surface area contributed by atoms with Gasteiger partial charge in [-0.15, -0.1) is 0 Å². The molecule has 0 aliphatic rings. The van der Waals surface area contributed by atoms with E-state index in [1.54, 1.807) is 0 Å². The Morgan fingerprint density at radius 1 is 1.54 bits per heavy atom. The summed E-state index contributed by atoms with van der Waals surface area (Å²) in [6, 6.07) is 2.18. The van der Waals surface area contributed by atoms with E-state index >= 15 is 0 Å². The quantitative estimate of drug-likeness (QED) is 0.769. The number of hydrogen-bond donors (Lipinski definition) is 1. The Morgan fingerprint density at radius 2 is 2.31 bits per heavy atom. The van der Waals surface area contributed by atoms with Crippen LogP contribution in [0.2, 0.25) is 0 Å². The van der Waals surface area contributed by atoms with Gasteiger partial charge in [0.15, 0.2) is 0 Å². The molecule has 1 aromatic rings. The minimum atomic E-state index is 0.161. The van der Waals surface area contributed by atoms with Crippen molar-refractivity contribution in [1.82, 2.24) is 4.98 Å². The summed E-state index contributed by atoms with van der Waals surface area (Å²) in [5.74, 6) is 0. The lowest BCUT2D eigenvalue weighted by Gasteiger charge is -2.12. The van der Waals surface area contributed by atoms with Gasteiger partial charge in [-0.2, -0.15) is 0 Å². The zero-order valence-corrected chi connectivity index (χ0v) is 8.46. The molecule has 1 rings (SSSR count). The van der Waals surface area contributed by atoms with Gasteiger partial charge in [0, 0.05) is 18.4 Å². The molecule has 0 saturated carbocycles. The van der Waals surface area contributed by atoms with Crippen molar-refractivity contribution in [2.24, 2.45) is 5.73 Å². The highest BCUT2D eigenvalue weighted by Gasteiger charge is 2.07. The van der Waals surface area contributed by atoms with E-state index in [0.717, 1.165) is 6.42 Å². The monoisotopic (exact) mass is 178 g/mol. The van der Waals surface area contributed by atoms with Gasteiger partial charge in [0.1, 0.15) is 0 Å². The molecule has 0 bridgehead atoms. The molecule has 0 radical (unpaired) electrons. The first kappa shape index (κ1) is 10.2. The van der Waals surface area contributed by atoms with Crippen LogP contribution in [0.1, 0.15) is 43.4 Å². The highest BCUT2D eigenvalue weighted by Crippen LogP contribution is 2.18. The van der Waals surface area contributed by atoms with Crippen LogP contribution in [0.25, 0.3) is 0 Å². The Labute approximate surface area is 80.2 Å². The molecule has 1 atom stereocenters. The number of aromatic nitrogens is 1. The van der Waals surface area contributed by atoms with Crippen molar-refractivity contribution in [3.63, 3.8) is 0 Å². The lowest BCUT2D eigenvalue weighted by Crippen LogP contribution is -2.11. The highest BCUT2D eigenvalue weighted by atomic mass is 14.7. The first-order valence-corrected chi connectivity index (χ1v) is 4.91. The fourth-order valence-corrected chi connectivity index (χ4v) is 1.44. The minimum absolute atomic E-state index is 0.161. The molecule has 0 aliphatic carbocycles. The van der Waals surface area contributed by atoms with Crippen molar-refractivity contribution in [2.45, 2.75) is 39.2 Å². The number of pyridine rings is 1. The van der Waals surface area contributed by atoms with Crippen LogP contribution in [0.5, 0.6) is 0 Å². The van der Waals surface area contributed by atoms with Crippen LogP contribution in [-0.2, 0) is 0 Å². The predicted octanol–water partition coefficient (Wildman–Crippen LogP) is 2.58. The summed E-state index contributed by atoms with van der Waals surface area (Å²) in [5, 5.41) is 0. The van der Waals surface area contributed by atoms with Gasteiger partial charge < -0.3 is 5.73 Å². The van der Waals surface area contributed by atoms with E-state index in [1.165, 1.54) is 24.0 Å². The summed E-state index contributed by atoms with van der Waals surface area (Å²) in [4.78, 5) is 4.09. The summed E-state index contributed by atoms with van der Waals surface area (Å²) < 4.78 is 0. The Hall–Kier alpha value is -0.890. The van der Waals surface area contributed by atoms with Crippen LogP contribution in [0, 0.1) is 6.92 Å². The zero-order valence-electron chi connectivity index (χ0n) is 8.46. The molecule has 2 heteroatoms. The molecule has 0 unspecified atom stereocenters. The third-order valence-electron chi connectivity index (χ3n) is 2.35. The van der Waals surface area contributed by atoms with E-state index in [1.807, 2.05) is 18.5 Å². The number of unbranched alkanes of at least 4 members (excludes halogenated alkanes) is 1. The summed E-state index contributed by atoms with van der Waals surface area (Å²) in [6.07, 6.45) is 7.15. The standard InChI is InChI=1S/C11H18N2/c1-3-4-5-11(12)10-8-13-7-6-9(10)2/h6-8,11H,3-5,12H2,1-2H3/t11-/m1/s1. The lowest BCUT2D eigenvalue weighted by atomic mass is 10.00. The molecule has 0 aliphatic heterocycles. The van der Waals surface area contributed by atoms with Crippen molar-refractivity contribution in [3.05, 3.63) is 29.6 Å². The van der Waals surface area contributed by atoms with Crippen molar-refractivity contribution < 1.29 is 0 Å². The Bertz CT molecular complexity index is 258. The van der Waals surface area contributed by atoms with Crippen molar-refractivity contribution in [2.75, 3.05) is 0 Å². The molecule has 2 nitrogen and oxygen atoms in total. The van der Waals surface area contributed by atoms with Crippen LogP contribution in [0.3, 0.4) is 0 Å². The molecule has 13 heavy (non-hydrogen) atoms. The van der Waals surface area contributed by atoms with Gasteiger partial charge in [-0.25, -0.2) is 0 Å². The Kier molecular flexibility index (Phi) is 3.90. The number of rotatable bonds is 4. The molecular formula is C11H18N2. The lowest BCUT2D eigenvalue weighted by molar-refractivity contribution is 0.599. The minimum Gasteiger partial charge on any atom is -0.324 e. The van der Waals surface area contributed by atoms with Crippen LogP contribution >= 0.6 is 0 Å². The van der Waals surface area contributed by atoms with E-state index in [4.69, 9.17) is 5.73 Å². The van der Waals surface area contributed by atoms with Gasteiger partial charge in [0.2, 0.25) is 0 Å². The molecule has 0 aromatic carbocycles. The van der Waals surface area contributed by atoms with Crippen molar-refractivity contribution >= 4 is 0 Å². The summed E-state index contributed by atoms with van der Waals surface area (Å²) in [5.41, 5.74) is 8.48. The molecular weight excluding hydrogens is 160 g/mol. The molecule has 2 N–H and O–H groups in total. The topological polar surface area (TPSA) is 38.9 Å². The van der Waals surface area contributed by atoms with Crippen molar-refractivity contribution in [1.29, 1.82) is 0 Å². The maximum atomic E-state index is 6.04. The van der Waals surface area contributed by atoms with E-state index in [0.29, 0.717) is 0 Å². The molecule has 0 saturated heterocycles. The van der Waals surface area contributed by atoms with E-state index in [9.17, 15) is 0 Å². The Morgan fingerprint density at radius 3 is 2.92 bits per heavy atom. The second kappa shape index (κ2) is 4.97.